The Morgan fingerprint density at radius 2 is 1.10 bits per heavy atom. The Balaban J connectivity index is 1.31. The molecule has 8 N–H and O–H groups in total. The molecule has 9 atom stereocenters. The molecular formula is C46H54BrN7O8. The van der Waals surface area contributed by atoms with E-state index in [0.717, 1.165) is 21.3 Å². The van der Waals surface area contributed by atoms with Crippen molar-refractivity contribution in [2.45, 2.75) is 118 Å². The van der Waals surface area contributed by atoms with E-state index in [2.05, 4.69) is 34.7 Å². The van der Waals surface area contributed by atoms with E-state index in [1.54, 1.807) is 0 Å². The molecule has 62 heavy (non-hydrogen) atoms. The molecule has 3 heterocycles. The molecule has 10 rings (SSSR count). The van der Waals surface area contributed by atoms with Crippen LogP contribution in [0.1, 0.15) is 82.1 Å². The second kappa shape index (κ2) is 15.2. The Labute approximate surface area is 368 Å². The first-order valence-electron chi connectivity index (χ1n) is 21.2. The smallest absolute Gasteiger partial charge is 0.375 e. The molecule has 4 amide bonds. The van der Waals surface area contributed by atoms with E-state index in [9.17, 15) is 28.8 Å². The van der Waals surface area contributed by atoms with Crippen molar-refractivity contribution in [2.75, 3.05) is 18.0 Å². The van der Waals surface area contributed by atoms with Gasteiger partial charge in [0.25, 0.3) is 11.8 Å². The van der Waals surface area contributed by atoms with E-state index < -0.39 is 81.5 Å². The molecule has 4 bridgehead atoms. The number of halogens is 1. The van der Waals surface area contributed by atoms with E-state index in [0.29, 0.717) is 43.2 Å². The maximum atomic E-state index is 14.8. The highest BCUT2D eigenvalue weighted by molar-refractivity contribution is 9.10. The first kappa shape index (κ1) is 43.3. The number of nitrogens with zero attached hydrogens (tertiary/aromatic N) is 3. The number of rotatable bonds is 11. The van der Waals surface area contributed by atoms with E-state index in [-0.39, 0.29) is 31.8 Å². The van der Waals surface area contributed by atoms with Gasteiger partial charge >= 0.3 is 24.1 Å². The molecule has 0 radical (unpaired) electrons. The Kier molecular flexibility index (Phi) is 10.6. The highest BCUT2D eigenvalue weighted by Crippen LogP contribution is 2.57. The number of carbonyl (C=O) groups excluding carboxylic acids is 6. The van der Waals surface area contributed by atoms with Crippen LogP contribution in [0.2, 0.25) is 0 Å². The van der Waals surface area contributed by atoms with Crippen LogP contribution in [0.25, 0.3) is 0 Å². The summed E-state index contributed by atoms with van der Waals surface area (Å²) in [6.07, 6.45) is 0.636. The molecule has 7 aliphatic rings. The Bertz CT molecular complexity index is 2350. The molecule has 3 saturated heterocycles. The van der Waals surface area contributed by atoms with Crippen molar-refractivity contribution in [3.8, 4) is 0 Å². The summed E-state index contributed by atoms with van der Waals surface area (Å²) < 4.78 is 11.3. The summed E-state index contributed by atoms with van der Waals surface area (Å²) in [5.74, 6) is -4.36. The molecule has 15 nitrogen and oxygen atoms in total. The molecule has 6 unspecified atom stereocenters. The van der Waals surface area contributed by atoms with Gasteiger partial charge in [0, 0.05) is 52.2 Å². The van der Waals surface area contributed by atoms with Gasteiger partial charge in [-0.15, -0.1) is 0 Å². The van der Waals surface area contributed by atoms with Gasteiger partial charge in [-0.05, 0) is 104 Å². The number of fused-ring (bicyclic) bond motifs is 6. The van der Waals surface area contributed by atoms with Crippen LogP contribution in [-0.4, -0.2) is 93.6 Å². The predicted octanol–water partition coefficient (Wildman–Crippen LogP) is 4.07. The first-order valence-corrected chi connectivity index (χ1v) is 22.0. The third kappa shape index (κ3) is 5.95. The van der Waals surface area contributed by atoms with E-state index in [4.69, 9.17) is 32.4 Å². The highest BCUT2D eigenvalue weighted by atomic mass is 79.9. The lowest BCUT2D eigenvalue weighted by atomic mass is 9.58. The molecule has 3 fully saturated rings. The van der Waals surface area contributed by atoms with Crippen LogP contribution in [-0.2, 0) is 52.3 Å². The van der Waals surface area contributed by atoms with Gasteiger partial charge in [0.05, 0.1) is 5.54 Å². The number of nitrogens with two attached hydrogens (primary N) is 4. The molecule has 0 aromatic heterocycles. The average molecular weight is 913 g/mol. The van der Waals surface area contributed by atoms with E-state index in [1.807, 2.05) is 96.4 Å². The summed E-state index contributed by atoms with van der Waals surface area (Å²) in [4.78, 5) is 89.4. The van der Waals surface area contributed by atoms with Gasteiger partial charge in [0.15, 0.2) is 0 Å². The SMILES string of the molecule is CC1CC(C2CCCN2[C@@](C(N)=O)(C(=O)OC(N)=O)C2(C)Cc3ccc2cc3)N(c2ccc(Br)cc2)[C@]1(C)C1CCCN1[C@@](C(N)=O)(C(=O)OC(N)=O)C1(C)Cc2ccc1cc2. The number of carbonyl (C=O) groups is 6. The fraction of sp³-hybridized carbons (Fsp3) is 0.478. The predicted molar refractivity (Wildman–Crippen MR) is 232 cm³/mol. The molecule has 16 heteroatoms. The summed E-state index contributed by atoms with van der Waals surface area (Å²) in [6, 6.07) is 21.6. The maximum absolute atomic E-state index is 14.8. The number of amides is 4. The van der Waals surface area contributed by atoms with Crippen LogP contribution < -0.4 is 27.8 Å². The largest absolute Gasteiger partial charge is 0.412 e. The van der Waals surface area contributed by atoms with Gasteiger partial charge in [0.1, 0.15) is 0 Å². The summed E-state index contributed by atoms with van der Waals surface area (Å²) in [5, 5.41) is 0. The van der Waals surface area contributed by atoms with Gasteiger partial charge in [-0.3, -0.25) is 19.4 Å². The van der Waals surface area contributed by atoms with Crippen molar-refractivity contribution in [1.29, 1.82) is 0 Å². The zero-order valence-electron chi connectivity index (χ0n) is 35.4. The van der Waals surface area contributed by atoms with Crippen molar-refractivity contribution in [1.82, 2.24) is 9.80 Å². The van der Waals surface area contributed by atoms with E-state index in [1.165, 1.54) is 0 Å². The summed E-state index contributed by atoms with van der Waals surface area (Å²) in [6.45, 7) is 8.43. The summed E-state index contributed by atoms with van der Waals surface area (Å²) in [7, 11) is 0. The molecule has 0 spiro atoms. The van der Waals surface area contributed by atoms with Gasteiger partial charge in [-0.1, -0.05) is 85.2 Å². The summed E-state index contributed by atoms with van der Waals surface area (Å²) in [5.41, 5.74) is 20.2. The third-order valence-electron chi connectivity index (χ3n) is 15.7. The highest BCUT2D eigenvalue weighted by Gasteiger charge is 2.72. The van der Waals surface area contributed by atoms with Crippen LogP contribution in [0.4, 0.5) is 15.3 Å². The molecule has 328 valence electrons. The minimum absolute atomic E-state index is 0.169. The van der Waals surface area contributed by atoms with Crippen LogP contribution >= 0.6 is 15.9 Å². The molecule has 3 aromatic rings. The zero-order chi connectivity index (χ0) is 44.7. The first-order chi connectivity index (χ1) is 29.3. The normalized spacial score (nSPS) is 31.0. The minimum Gasteiger partial charge on any atom is -0.375 e. The van der Waals surface area contributed by atoms with Gasteiger partial charge < -0.3 is 37.3 Å². The molecule has 3 aliphatic heterocycles. The number of benzene rings is 3. The third-order valence-corrected chi connectivity index (χ3v) is 16.2. The number of likely N-dealkylation sites (tertiary alicyclic amines) is 2. The van der Waals surface area contributed by atoms with Crippen LogP contribution in [0.15, 0.2) is 77.3 Å². The fourth-order valence-corrected chi connectivity index (χ4v) is 13.2. The number of primary amides is 4. The lowest BCUT2D eigenvalue weighted by Crippen LogP contribution is -2.78. The molecule has 3 aromatic carbocycles. The van der Waals surface area contributed by atoms with Crippen molar-refractivity contribution in [3.63, 3.8) is 0 Å². The number of hydrogen-bond acceptors (Lipinski definition) is 11. The Hall–Kier alpha value is -5.32. The average Bonchev–Trinajstić information content (AvgIpc) is 3.95. The number of anilines is 1. The summed E-state index contributed by atoms with van der Waals surface area (Å²) >= 11 is 3.60. The van der Waals surface area contributed by atoms with Crippen LogP contribution in [0.3, 0.4) is 0 Å². The molecule has 0 saturated carbocycles. The van der Waals surface area contributed by atoms with Crippen molar-refractivity contribution < 1.29 is 38.2 Å². The Morgan fingerprint density at radius 3 is 1.53 bits per heavy atom. The van der Waals surface area contributed by atoms with Crippen LogP contribution in [0.5, 0.6) is 0 Å². The zero-order valence-corrected chi connectivity index (χ0v) is 37.0. The second-order valence-corrected chi connectivity index (χ2v) is 19.4. The monoisotopic (exact) mass is 911 g/mol. The molecular weight excluding hydrogens is 858 g/mol. The number of ether oxygens (including phenoxy) is 2. The lowest BCUT2D eigenvalue weighted by Gasteiger charge is -2.58. The minimum atomic E-state index is -2.19. The van der Waals surface area contributed by atoms with Crippen LogP contribution in [0, 0.1) is 5.92 Å². The Morgan fingerprint density at radius 1 is 0.645 bits per heavy atom. The van der Waals surface area contributed by atoms with Crippen molar-refractivity contribution in [2.24, 2.45) is 28.9 Å². The quantitative estimate of drug-likeness (QED) is 0.158. The van der Waals surface area contributed by atoms with Gasteiger partial charge in [-0.2, -0.15) is 0 Å². The standard InChI is InChI=1S/C46H54BrN7O8/c1-26-23-34(33-7-5-21-52(33)45(36(48)55,38(57)61-40(50)59)42(2)24-27-9-13-29(42)14-10-27)54(32-19-17-31(47)18-20-32)44(26,4)35-8-6-22-53(35)46(37(49)56,39(58)62-41(51)60)43(3)25-28-11-15-30(43)16-12-28/h9-20,26,33-35H,5-8,21-25H2,1-4H3,(H2,48,55)(H2,49,56)(H2,50,59)(H2,51,60)/t26?,33?,34?,35?,42?,43?,44-,45-,46-/m0/s1. The van der Waals surface area contributed by atoms with E-state index >= 15 is 0 Å². The van der Waals surface area contributed by atoms with Crippen molar-refractivity contribution in [3.05, 3.63) is 99.5 Å². The topological polar surface area (TPSA) is 235 Å². The fourth-order valence-electron chi connectivity index (χ4n) is 12.9. The lowest BCUT2D eigenvalue weighted by molar-refractivity contribution is -0.167. The van der Waals surface area contributed by atoms with Gasteiger partial charge in [0.2, 0.25) is 11.1 Å². The second-order valence-electron chi connectivity index (χ2n) is 18.5. The maximum Gasteiger partial charge on any atom is 0.412 e. The number of hydrogen-bond donors (Lipinski definition) is 4. The van der Waals surface area contributed by atoms with Crippen molar-refractivity contribution >= 4 is 57.6 Å². The van der Waals surface area contributed by atoms with Gasteiger partial charge in [-0.25, -0.2) is 19.2 Å². The number of esters is 2. The molecule has 4 aliphatic carbocycles.